The second-order valence-electron chi connectivity index (χ2n) is 4.50. The van der Waals surface area contributed by atoms with Crippen molar-refractivity contribution in [2.24, 2.45) is 0 Å². The molecule has 3 rings (SSSR count). The van der Waals surface area contributed by atoms with E-state index in [2.05, 4.69) is 20.8 Å². The van der Waals surface area contributed by atoms with Gasteiger partial charge >= 0.3 is 0 Å². The largest absolute Gasteiger partial charge is 0.359 e. The summed E-state index contributed by atoms with van der Waals surface area (Å²) in [4.78, 5) is 0. The maximum atomic E-state index is 5.13. The summed E-state index contributed by atoms with van der Waals surface area (Å²) in [7, 11) is 0. The zero-order chi connectivity index (χ0) is 11.7. The van der Waals surface area contributed by atoms with E-state index in [0.717, 1.165) is 23.7 Å². The zero-order valence-corrected chi connectivity index (χ0v) is 9.76. The molecule has 0 bridgehead atoms. The van der Waals surface area contributed by atoms with Crippen molar-refractivity contribution in [1.82, 2.24) is 25.5 Å². The molecular weight excluding hydrogens is 218 g/mol. The van der Waals surface area contributed by atoms with Crippen molar-refractivity contribution in [2.45, 2.75) is 38.9 Å². The molecule has 1 fully saturated rings. The lowest BCUT2D eigenvalue weighted by Crippen LogP contribution is -2.15. The Labute approximate surface area is 99.0 Å². The third-order valence-electron chi connectivity index (χ3n) is 2.73. The fourth-order valence-corrected chi connectivity index (χ4v) is 1.68. The lowest BCUT2D eigenvalue weighted by atomic mass is 10.4. The lowest BCUT2D eigenvalue weighted by molar-refractivity contribution is 0.367. The summed E-state index contributed by atoms with van der Waals surface area (Å²) < 4.78 is 6.90. The predicted octanol–water partition coefficient (Wildman–Crippen LogP) is 0.875. The quantitative estimate of drug-likeness (QED) is 0.830. The van der Waals surface area contributed by atoms with Gasteiger partial charge in [0, 0.05) is 18.7 Å². The van der Waals surface area contributed by atoms with E-state index in [9.17, 15) is 0 Å². The summed E-state index contributed by atoms with van der Waals surface area (Å²) in [5.74, 6) is 0.800. The molecule has 0 aliphatic heterocycles. The first kappa shape index (κ1) is 10.5. The fraction of sp³-hybridized carbons (Fsp3) is 0.545. The Morgan fingerprint density at radius 3 is 3.12 bits per heavy atom. The van der Waals surface area contributed by atoms with Crippen LogP contribution in [0.3, 0.4) is 0 Å². The number of aromatic nitrogens is 4. The van der Waals surface area contributed by atoms with Gasteiger partial charge in [-0.15, -0.1) is 5.10 Å². The van der Waals surface area contributed by atoms with Crippen LogP contribution in [-0.4, -0.2) is 26.2 Å². The highest BCUT2D eigenvalue weighted by Gasteiger charge is 2.20. The first-order valence-electron chi connectivity index (χ1n) is 5.84. The minimum atomic E-state index is 0.581. The van der Waals surface area contributed by atoms with Gasteiger partial charge in [-0.25, -0.2) is 4.68 Å². The third kappa shape index (κ3) is 2.71. The Bertz CT molecular complexity index is 499. The summed E-state index contributed by atoms with van der Waals surface area (Å²) in [6.07, 6.45) is 4.50. The molecule has 6 heteroatoms. The average Bonchev–Trinajstić information content (AvgIpc) is 2.90. The molecule has 0 spiro atoms. The van der Waals surface area contributed by atoms with Crippen LogP contribution in [0.15, 0.2) is 16.8 Å². The van der Waals surface area contributed by atoms with E-state index in [1.54, 1.807) is 4.68 Å². The van der Waals surface area contributed by atoms with Gasteiger partial charge in [-0.3, -0.25) is 0 Å². The van der Waals surface area contributed by atoms with Crippen LogP contribution in [0.5, 0.6) is 0 Å². The normalized spacial score (nSPS) is 15.4. The average molecular weight is 233 g/mol. The van der Waals surface area contributed by atoms with Crippen LogP contribution in [0.1, 0.15) is 30.0 Å². The van der Waals surface area contributed by atoms with Crippen LogP contribution < -0.4 is 5.32 Å². The minimum absolute atomic E-state index is 0.581. The summed E-state index contributed by atoms with van der Waals surface area (Å²) >= 11 is 0. The Balaban J connectivity index is 1.59. The number of nitrogens with zero attached hydrogens (tertiary/aromatic N) is 4. The van der Waals surface area contributed by atoms with Gasteiger partial charge in [0.25, 0.3) is 0 Å². The first-order valence-corrected chi connectivity index (χ1v) is 5.84. The van der Waals surface area contributed by atoms with Gasteiger partial charge in [0.05, 0.1) is 17.6 Å². The van der Waals surface area contributed by atoms with Crippen LogP contribution in [0, 0.1) is 6.92 Å². The maximum absolute atomic E-state index is 5.13. The van der Waals surface area contributed by atoms with E-state index in [1.165, 1.54) is 12.8 Å². The van der Waals surface area contributed by atoms with Gasteiger partial charge in [-0.05, 0) is 19.8 Å². The first-order chi connectivity index (χ1) is 8.29. The van der Waals surface area contributed by atoms with E-state index in [4.69, 9.17) is 4.52 Å². The van der Waals surface area contributed by atoms with E-state index in [1.807, 2.05) is 19.2 Å². The van der Waals surface area contributed by atoms with Gasteiger partial charge in [0.2, 0.25) is 0 Å². The highest BCUT2D eigenvalue weighted by Crippen LogP contribution is 2.18. The lowest BCUT2D eigenvalue weighted by Gasteiger charge is -1.96. The molecule has 1 aliphatic carbocycles. The van der Waals surface area contributed by atoms with E-state index in [0.29, 0.717) is 12.6 Å². The highest BCUT2D eigenvalue weighted by atomic mass is 16.5. The third-order valence-corrected chi connectivity index (χ3v) is 2.73. The van der Waals surface area contributed by atoms with Crippen molar-refractivity contribution in [3.8, 4) is 0 Å². The summed E-state index contributed by atoms with van der Waals surface area (Å²) in [6, 6.07) is 2.60. The molecule has 90 valence electrons. The minimum Gasteiger partial charge on any atom is -0.359 e. The molecule has 0 unspecified atom stereocenters. The SMILES string of the molecule is Cc1cc(Cn2cc(CNC3CC3)nn2)on1. The molecule has 0 amide bonds. The van der Waals surface area contributed by atoms with Gasteiger partial charge in [0.1, 0.15) is 6.54 Å². The Morgan fingerprint density at radius 2 is 2.41 bits per heavy atom. The molecule has 2 aromatic heterocycles. The van der Waals surface area contributed by atoms with Crippen LogP contribution >= 0.6 is 0 Å². The van der Waals surface area contributed by atoms with Crippen molar-refractivity contribution in [3.05, 3.63) is 29.4 Å². The molecule has 1 N–H and O–H groups in total. The summed E-state index contributed by atoms with van der Waals surface area (Å²) in [6.45, 7) is 3.27. The topological polar surface area (TPSA) is 68.8 Å². The molecule has 0 radical (unpaired) electrons. The molecule has 0 atom stereocenters. The fourth-order valence-electron chi connectivity index (χ4n) is 1.68. The van der Waals surface area contributed by atoms with Crippen LogP contribution in [0.2, 0.25) is 0 Å². The Hall–Kier alpha value is -1.69. The predicted molar refractivity (Wildman–Crippen MR) is 60.2 cm³/mol. The van der Waals surface area contributed by atoms with Crippen molar-refractivity contribution in [1.29, 1.82) is 0 Å². The number of rotatable bonds is 5. The van der Waals surface area contributed by atoms with E-state index < -0.39 is 0 Å². The van der Waals surface area contributed by atoms with E-state index >= 15 is 0 Å². The molecule has 2 heterocycles. The van der Waals surface area contributed by atoms with Crippen molar-refractivity contribution < 1.29 is 4.52 Å². The molecule has 0 aromatic carbocycles. The monoisotopic (exact) mass is 233 g/mol. The highest BCUT2D eigenvalue weighted by molar-refractivity contribution is 5.04. The number of hydrogen-bond acceptors (Lipinski definition) is 5. The molecule has 2 aromatic rings. The second-order valence-corrected chi connectivity index (χ2v) is 4.50. The zero-order valence-electron chi connectivity index (χ0n) is 9.76. The second kappa shape index (κ2) is 4.29. The number of nitrogens with one attached hydrogen (secondary N) is 1. The number of aryl methyl sites for hydroxylation is 1. The molecule has 17 heavy (non-hydrogen) atoms. The van der Waals surface area contributed by atoms with Gasteiger partial charge < -0.3 is 9.84 Å². The molecule has 6 nitrogen and oxygen atoms in total. The Kier molecular flexibility index (Phi) is 2.64. The standard InChI is InChI=1S/C11H15N5O/c1-8-4-11(17-14-8)7-16-6-10(13-15-16)5-12-9-2-3-9/h4,6,9,12H,2-3,5,7H2,1H3. The van der Waals surface area contributed by atoms with Gasteiger partial charge in [0.15, 0.2) is 5.76 Å². The smallest absolute Gasteiger partial charge is 0.158 e. The van der Waals surface area contributed by atoms with E-state index in [-0.39, 0.29) is 0 Å². The van der Waals surface area contributed by atoms with Crippen molar-refractivity contribution in [3.63, 3.8) is 0 Å². The molecule has 1 saturated carbocycles. The maximum Gasteiger partial charge on any atom is 0.158 e. The van der Waals surface area contributed by atoms with Crippen LogP contribution in [-0.2, 0) is 13.1 Å². The van der Waals surface area contributed by atoms with Crippen LogP contribution in [0.25, 0.3) is 0 Å². The Morgan fingerprint density at radius 1 is 1.53 bits per heavy atom. The molecule has 0 saturated heterocycles. The number of hydrogen-bond donors (Lipinski definition) is 1. The van der Waals surface area contributed by atoms with Crippen LogP contribution in [0.4, 0.5) is 0 Å². The van der Waals surface area contributed by atoms with Gasteiger partial charge in [-0.2, -0.15) is 0 Å². The summed E-state index contributed by atoms with van der Waals surface area (Å²) in [5.41, 5.74) is 1.85. The van der Waals surface area contributed by atoms with Crippen molar-refractivity contribution >= 4 is 0 Å². The molecular formula is C11H15N5O. The van der Waals surface area contributed by atoms with Crippen molar-refractivity contribution in [2.75, 3.05) is 0 Å². The molecule has 1 aliphatic rings. The summed E-state index contributed by atoms with van der Waals surface area (Å²) in [5, 5.41) is 15.4. The van der Waals surface area contributed by atoms with Gasteiger partial charge in [-0.1, -0.05) is 10.4 Å².